The van der Waals surface area contributed by atoms with Gasteiger partial charge in [-0.15, -0.1) is 11.3 Å². The van der Waals surface area contributed by atoms with Crippen LogP contribution in [0.2, 0.25) is 0 Å². The molecule has 0 saturated heterocycles. The number of nitrogens with one attached hydrogen (secondary N) is 2. The molecule has 0 bridgehead atoms. The zero-order valence-electron chi connectivity index (χ0n) is 16.5. The van der Waals surface area contributed by atoms with Crippen LogP contribution < -0.4 is 15.4 Å². The minimum absolute atomic E-state index is 0.223. The van der Waals surface area contributed by atoms with Crippen LogP contribution in [0.4, 0.5) is 11.4 Å². The predicted molar refractivity (Wildman–Crippen MR) is 120 cm³/mol. The van der Waals surface area contributed by atoms with Crippen molar-refractivity contribution in [3.05, 3.63) is 77.8 Å². The second kappa shape index (κ2) is 7.73. The van der Waals surface area contributed by atoms with Gasteiger partial charge in [0.15, 0.2) is 6.10 Å². The molecule has 0 aliphatic carbocycles. The fraction of sp³-hybridized carbons (Fsp3) is 0.0870. The molecule has 1 aliphatic heterocycles. The Morgan fingerprint density at radius 2 is 1.97 bits per heavy atom. The zero-order valence-corrected chi connectivity index (χ0v) is 17.3. The number of hydrogen-bond acceptors (Lipinski definition) is 5. The molecule has 1 atom stereocenters. The summed E-state index contributed by atoms with van der Waals surface area (Å²) in [5, 5.41) is 12.3. The molecule has 0 unspecified atom stereocenters. The van der Waals surface area contributed by atoms with Gasteiger partial charge in [0.2, 0.25) is 0 Å². The fourth-order valence-electron chi connectivity index (χ4n) is 3.34. The van der Waals surface area contributed by atoms with Crippen molar-refractivity contribution in [2.24, 2.45) is 0 Å². The molecule has 4 aromatic rings. The number of fused-ring (bicyclic) bond motifs is 1. The van der Waals surface area contributed by atoms with Gasteiger partial charge in [0.25, 0.3) is 11.8 Å². The Bertz CT molecular complexity index is 1270. The number of para-hydroxylation sites is 1. The largest absolute Gasteiger partial charge is 0.479 e. The summed E-state index contributed by atoms with van der Waals surface area (Å²) < 4.78 is 7.21. The number of amides is 2. The van der Waals surface area contributed by atoms with E-state index in [1.165, 1.54) is 0 Å². The smallest absolute Gasteiger partial charge is 0.274 e. The van der Waals surface area contributed by atoms with Gasteiger partial charge in [0, 0.05) is 5.69 Å². The van der Waals surface area contributed by atoms with Gasteiger partial charge in [-0.25, -0.2) is 4.68 Å². The lowest BCUT2D eigenvalue weighted by Crippen LogP contribution is -2.34. The summed E-state index contributed by atoms with van der Waals surface area (Å²) >= 11 is 1.56. The molecule has 0 saturated carbocycles. The normalized spacial score (nSPS) is 15.0. The number of aromatic nitrogens is 2. The third-order valence-electron chi connectivity index (χ3n) is 4.88. The van der Waals surface area contributed by atoms with Crippen molar-refractivity contribution in [2.75, 3.05) is 10.6 Å². The Morgan fingerprint density at radius 1 is 1.13 bits per heavy atom. The summed E-state index contributed by atoms with van der Waals surface area (Å²) in [6, 6.07) is 20.4. The van der Waals surface area contributed by atoms with E-state index in [1.54, 1.807) is 47.2 Å². The lowest BCUT2D eigenvalue weighted by atomic mass is 10.2. The van der Waals surface area contributed by atoms with Gasteiger partial charge in [0.1, 0.15) is 17.1 Å². The molecule has 0 radical (unpaired) electrons. The Balaban J connectivity index is 1.48. The molecular weight excluding hydrogens is 412 g/mol. The summed E-state index contributed by atoms with van der Waals surface area (Å²) in [4.78, 5) is 26.1. The molecule has 0 spiro atoms. The van der Waals surface area contributed by atoms with E-state index in [-0.39, 0.29) is 11.8 Å². The highest BCUT2D eigenvalue weighted by molar-refractivity contribution is 7.13. The lowest BCUT2D eigenvalue weighted by Gasteiger charge is -2.23. The fourth-order valence-corrected chi connectivity index (χ4v) is 4.02. The maximum Gasteiger partial charge on any atom is 0.274 e. The molecule has 8 heteroatoms. The number of carbonyl (C=O) groups excluding carboxylic acids is 2. The highest BCUT2D eigenvalue weighted by Crippen LogP contribution is 2.32. The number of rotatable bonds is 4. The summed E-state index contributed by atoms with van der Waals surface area (Å²) in [5.74, 6) is 0.0358. The molecule has 5 rings (SSSR count). The molecule has 2 amide bonds. The number of thiophene rings is 1. The van der Waals surface area contributed by atoms with E-state index in [9.17, 15) is 9.59 Å². The van der Waals surface area contributed by atoms with Crippen LogP contribution in [0.15, 0.2) is 72.1 Å². The van der Waals surface area contributed by atoms with E-state index in [1.807, 2.05) is 47.8 Å². The summed E-state index contributed by atoms with van der Waals surface area (Å²) in [6.45, 7) is 1.68. The molecule has 154 valence electrons. The number of benzene rings is 2. The number of carbonyl (C=O) groups is 2. The van der Waals surface area contributed by atoms with Gasteiger partial charge in [-0.1, -0.05) is 24.3 Å². The first kappa shape index (κ1) is 19.1. The minimum atomic E-state index is -0.552. The zero-order chi connectivity index (χ0) is 21.4. The average Bonchev–Trinajstić information content (AvgIpc) is 3.45. The molecule has 2 aromatic heterocycles. The van der Waals surface area contributed by atoms with Crippen molar-refractivity contribution in [1.29, 1.82) is 0 Å². The van der Waals surface area contributed by atoms with E-state index < -0.39 is 6.10 Å². The van der Waals surface area contributed by atoms with Gasteiger partial charge in [0.05, 0.1) is 16.3 Å². The Kier molecular flexibility index (Phi) is 4.76. The van der Waals surface area contributed by atoms with E-state index in [0.29, 0.717) is 22.8 Å². The topological polar surface area (TPSA) is 85.2 Å². The third kappa shape index (κ3) is 3.69. The predicted octanol–water partition coefficient (Wildman–Crippen LogP) is 4.57. The maximum atomic E-state index is 13.2. The molecule has 3 heterocycles. The summed E-state index contributed by atoms with van der Waals surface area (Å²) in [7, 11) is 0. The van der Waals surface area contributed by atoms with Crippen LogP contribution in [0.25, 0.3) is 16.3 Å². The molecule has 2 aromatic carbocycles. The van der Waals surface area contributed by atoms with Crippen LogP contribution in [0.1, 0.15) is 17.4 Å². The third-order valence-corrected chi connectivity index (χ3v) is 5.78. The van der Waals surface area contributed by atoms with Crippen LogP contribution in [0.5, 0.6) is 5.75 Å². The quantitative estimate of drug-likeness (QED) is 0.497. The molecular formula is C23H18N4O3S. The van der Waals surface area contributed by atoms with Crippen molar-refractivity contribution in [1.82, 2.24) is 9.78 Å². The second-order valence-corrected chi connectivity index (χ2v) is 8.00. The van der Waals surface area contributed by atoms with Crippen LogP contribution >= 0.6 is 11.3 Å². The first-order chi connectivity index (χ1) is 15.1. The van der Waals surface area contributed by atoms with Crippen molar-refractivity contribution in [2.45, 2.75) is 13.0 Å². The van der Waals surface area contributed by atoms with Gasteiger partial charge in [-0.2, -0.15) is 5.10 Å². The SMILES string of the molecule is C[C@H]1Oc2ccc(NC(=O)c3cc(-c4cccs4)nn3-c3ccccc3)cc2NC1=O. The number of nitrogens with zero attached hydrogens (tertiary/aromatic N) is 2. The van der Waals surface area contributed by atoms with Crippen LogP contribution in [0.3, 0.4) is 0 Å². The van der Waals surface area contributed by atoms with Gasteiger partial charge in [-0.3, -0.25) is 9.59 Å². The van der Waals surface area contributed by atoms with E-state index >= 15 is 0 Å². The number of ether oxygens (including phenoxy) is 1. The van der Waals surface area contributed by atoms with Crippen LogP contribution in [-0.2, 0) is 4.79 Å². The maximum absolute atomic E-state index is 13.2. The van der Waals surface area contributed by atoms with E-state index in [4.69, 9.17) is 4.74 Å². The van der Waals surface area contributed by atoms with Crippen molar-refractivity contribution in [3.8, 4) is 22.0 Å². The summed E-state index contributed by atoms with van der Waals surface area (Å²) in [6.07, 6.45) is -0.552. The monoisotopic (exact) mass is 430 g/mol. The lowest BCUT2D eigenvalue weighted by molar-refractivity contribution is -0.122. The minimum Gasteiger partial charge on any atom is -0.479 e. The molecule has 7 nitrogen and oxygen atoms in total. The van der Waals surface area contributed by atoms with E-state index in [0.717, 1.165) is 16.3 Å². The molecule has 1 aliphatic rings. The second-order valence-electron chi connectivity index (χ2n) is 7.05. The molecule has 0 fully saturated rings. The first-order valence-corrected chi connectivity index (χ1v) is 10.6. The highest BCUT2D eigenvalue weighted by atomic mass is 32.1. The van der Waals surface area contributed by atoms with Crippen molar-refractivity contribution >= 4 is 34.5 Å². The highest BCUT2D eigenvalue weighted by Gasteiger charge is 2.24. The van der Waals surface area contributed by atoms with Crippen LogP contribution in [0, 0.1) is 0 Å². The Morgan fingerprint density at radius 3 is 2.74 bits per heavy atom. The van der Waals surface area contributed by atoms with Gasteiger partial charge < -0.3 is 15.4 Å². The Hall–Kier alpha value is -3.91. The standard InChI is InChI=1S/C23H18N4O3S/c1-14-22(28)25-17-12-15(9-10-20(17)30-14)24-23(29)19-13-18(21-8-5-11-31-21)26-27(19)16-6-3-2-4-7-16/h2-14H,1H3,(H,24,29)(H,25,28)/t14-/m1/s1. The van der Waals surface area contributed by atoms with Crippen molar-refractivity contribution < 1.29 is 14.3 Å². The van der Waals surface area contributed by atoms with Gasteiger partial charge >= 0.3 is 0 Å². The first-order valence-electron chi connectivity index (χ1n) is 9.71. The number of hydrogen-bond donors (Lipinski definition) is 2. The Labute approximate surface area is 182 Å². The average molecular weight is 430 g/mol. The van der Waals surface area contributed by atoms with Crippen LogP contribution in [-0.4, -0.2) is 27.7 Å². The van der Waals surface area contributed by atoms with E-state index in [2.05, 4.69) is 15.7 Å². The van der Waals surface area contributed by atoms with Crippen molar-refractivity contribution in [3.63, 3.8) is 0 Å². The van der Waals surface area contributed by atoms with Gasteiger partial charge in [-0.05, 0) is 54.8 Å². The molecule has 2 N–H and O–H groups in total. The molecule has 31 heavy (non-hydrogen) atoms. The summed E-state index contributed by atoms with van der Waals surface area (Å²) in [5.41, 5.74) is 2.98. The number of anilines is 2.